The summed E-state index contributed by atoms with van der Waals surface area (Å²) in [4.78, 5) is 13.9. The molecule has 0 saturated carbocycles. The molecule has 1 saturated heterocycles. The van der Waals surface area contributed by atoms with Crippen LogP contribution in [0.25, 0.3) is 0 Å². The van der Waals surface area contributed by atoms with E-state index in [0.29, 0.717) is 0 Å². The van der Waals surface area contributed by atoms with E-state index in [4.69, 9.17) is 4.74 Å². The molecule has 1 aromatic rings. The zero-order valence-corrected chi connectivity index (χ0v) is 12.3. The monoisotopic (exact) mass is 261 g/mol. The first kappa shape index (κ1) is 14.1. The molecule has 0 aromatic heterocycles. The molecule has 3 heteroatoms. The highest BCUT2D eigenvalue weighted by molar-refractivity contribution is 5.72. The Kier molecular flexibility index (Phi) is 4.25. The average Bonchev–Trinajstić information content (AvgIpc) is 2.81. The molecule has 104 valence electrons. The van der Waals surface area contributed by atoms with Crippen LogP contribution >= 0.6 is 0 Å². The van der Waals surface area contributed by atoms with Gasteiger partial charge in [-0.05, 0) is 50.4 Å². The van der Waals surface area contributed by atoms with Gasteiger partial charge in [-0.1, -0.05) is 17.7 Å². The second-order valence-electron chi connectivity index (χ2n) is 5.62. The Balaban J connectivity index is 2.05. The molecule has 1 heterocycles. The second kappa shape index (κ2) is 5.74. The summed E-state index contributed by atoms with van der Waals surface area (Å²) in [6.07, 6.45) is 0.913. The molecule has 0 aliphatic carbocycles. The van der Waals surface area contributed by atoms with Crippen molar-refractivity contribution >= 4 is 5.97 Å². The first-order valence-electron chi connectivity index (χ1n) is 6.88. The van der Waals surface area contributed by atoms with E-state index in [0.717, 1.165) is 26.1 Å². The molecule has 1 aliphatic rings. The predicted octanol–water partition coefficient (Wildman–Crippen LogP) is 2.61. The summed E-state index contributed by atoms with van der Waals surface area (Å²) < 4.78 is 4.83. The third-order valence-electron chi connectivity index (χ3n) is 4.03. The fourth-order valence-corrected chi connectivity index (χ4v) is 3.02. The molecule has 0 radical (unpaired) electrons. The first-order chi connectivity index (χ1) is 9.01. The van der Waals surface area contributed by atoms with Crippen LogP contribution in [0.3, 0.4) is 0 Å². The molecule has 0 N–H and O–H groups in total. The number of esters is 1. The molecular weight excluding hydrogens is 238 g/mol. The number of likely N-dealkylation sites (tertiary alicyclic amines) is 1. The van der Waals surface area contributed by atoms with Crippen molar-refractivity contribution in [1.82, 2.24) is 4.90 Å². The van der Waals surface area contributed by atoms with E-state index in [9.17, 15) is 4.79 Å². The van der Waals surface area contributed by atoms with Crippen LogP contribution in [0.5, 0.6) is 0 Å². The van der Waals surface area contributed by atoms with Gasteiger partial charge in [0.1, 0.15) is 0 Å². The van der Waals surface area contributed by atoms with Crippen molar-refractivity contribution in [2.24, 2.45) is 5.92 Å². The number of aryl methyl sites for hydroxylation is 3. The topological polar surface area (TPSA) is 29.5 Å². The fraction of sp³-hybridized carbons (Fsp3) is 0.562. The minimum absolute atomic E-state index is 0.0519. The van der Waals surface area contributed by atoms with Crippen LogP contribution in [0.15, 0.2) is 12.1 Å². The second-order valence-corrected chi connectivity index (χ2v) is 5.62. The quantitative estimate of drug-likeness (QED) is 0.783. The fourth-order valence-electron chi connectivity index (χ4n) is 3.02. The van der Waals surface area contributed by atoms with E-state index in [-0.39, 0.29) is 11.9 Å². The number of benzene rings is 1. The third kappa shape index (κ3) is 3.16. The van der Waals surface area contributed by atoms with Gasteiger partial charge in [0.15, 0.2) is 0 Å². The van der Waals surface area contributed by atoms with Gasteiger partial charge in [-0.15, -0.1) is 0 Å². The third-order valence-corrected chi connectivity index (χ3v) is 4.03. The molecule has 2 rings (SSSR count). The van der Waals surface area contributed by atoms with Gasteiger partial charge in [-0.2, -0.15) is 0 Å². The molecule has 0 spiro atoms. The van der Waals surface area contributed by atoms with Crippen LogP contribution in [-0.2, 0) is 16.1 Å². The van der Waals surface area contributed by atoms with Crippen molar-refractivity contribution in [1.29, 1.82) is 0 Å². The van der Waals surface area contributed by atoms with Gasteiger partial charge < -0.3 is 4.74 Å². The first-order valence-corrected chi connectivity index (χ1v) is 6.88. The molecule has 1 atom stereocenters. The lowest BCUT2D eigenvalue weighted by Crippen LogP contribution is -2.24. The lowest BCUT2D eigenvalue weighted by atomic mass is 9.99. The summed E-state index contributed by atoms with van der Waals surface area (Å²) >= 11 is 0. The van der Waals surface area contributed by atoms with Gasteiger partial charge in [0.25, 0.3) is 0 Å². The van der Waals surface area contributed by atoms with E-state index in [2.05, 4.69) is 37.8 Å². The lowest BCUT2D eigenvalue weighted by Gasteiger charge is -2.19. The summed E-state index contributed by atoms with van der Waals surface area (Å²) in [6, 6.07) is 4.46. The predicted molar refractivity (Wildman–Crippen MR) is 76.1 cm³/mol. The Hall–Kier alpha value is -1.35. The minimum atomic E-state index is -0.0696. The molecular formula is C16H23NO2. The minimum Gasteiger partial charge on any atom is -0.469 e. The summed E-state index contributed by atoms with van der Waals surface area (Å²) in [6.45, 7) is 9.21. The van der Waals surface area contributed by atoms with E-state index in [1.807, 2.05) is 0 Å². The number of ether oxygens (including phenoxy) is 1. The summed E-state index contributed by atoms with van der Waals surface area (Å²) in [5.74, 6) is -0.0177. The van der Waals surface area contributed by atoms with Gasteiger partial charge in [0.05, 0.1) is 13.0 Å². The number of carbonyl (C=O) groups excluding carboxylic acids is 1. The van der Waals surface area contributed by atoms with Crippen LogP contribution in [0.1, 0.15) is 28.7 Å². The smallest absolute Gasteiger partial charge is 0.310 e. The molecule has 1 unspecified atom stereocenters. The maximum atomic E-state index is 11.5. The Bertz CT molecular complexity index is 459. The van der Waals surface area contributed by atoms with Gasteiger partial charge >= 0.3 is 5.97 Å². The number of hydrogen-bond acceptors (Lipinski definition) is 3. The van der Waals surface area contributed by atoms with Gasteiger partial charge in [0.2, 0.25) is 0 Å². The van der Waals surface area contributed by atoms with Gasteiger partial charge in [0, 0.05) is 13.1 Å². The average molecular weight is 261 g/mol. The molecule has 19 heavy (non-hydrogen) atoms. The number of carbonyl (C=O) groups is 1. The summed E-state index contributed by atoms with van der Waals surface area (Å²) in [5.41, 5.74) is 5.40. The number of methoxy groups -OCH3 is 1. The van der Waals surface area contributed by atoms with Crippen LogP contribution in [-0.4, -0.2) is 31.1 Å². The van der Waals surface area contributed by atoms with Crippen LogP contribution in [0, 0.1) is 26.7 Å². The van der Waals surface area contributed by atoms with E-state index >= 15 is 0 Å². The van der Waals surface area contributed by atoms with Crippen LogP contribution < -0.4 is 0 Å². The molecule has 0 bridgehead atoms. The highest BCUT2D eigenvalue weighted by Gasteiger charge is 2.29. The lowest BCUT2D eigenvalue weighted by molar-refractivity contribution is -0.144. The van der Waals surface area contributed by atoms with E-state index < -0.39 is 0 Å². The number of nitrogens with zero attached hydrogens (tertiary/aromatic N) is 1. The van der Waals surface area contributed by atoms with Crippen molar-refractivity contribution in [3.8, 4) is 0 Å². The highest BCUT2D eigenvalue weighted by atomic mass is 16.5. The number of hydrogen-bond donors (Lipinski definition) is 0. The van der Waals surface area contributed by atoms with Gasteiger partial charge in [-0.3, -0.25) is 9.69 Å². The molecule has 1 fully saturated rings. The SMILES string of the molecule is COC(=O)C1CCN(Cc2c(C)cc(C)cc2C)C1. The number of rotatable bonds is 3. The Labute approximate surface area is 115 Å². The zero-order chi connectivity index (χ0) is 14.0. The Morgan fingerprint density at radius 3 is 2.53 bits per heavy atom. The maximum Gasteiger partial charge on any atom is 0.310 e. The van der Waals surface area contributed by atoms with E-state index in [1.165, 1.54) is 29.4 Å². The van der Waals surface area contributed by atoms with Crippen LogP contribution in [0.2, 0.25) is 0 Å². The summed E-state index contributed by atoms with van der Waals surface area (Å²) in [7, 11) is 1.47. The highest BCUT2D eigenvalue weighted by Crippen LogP contribution is 2.23. The summed E-state index contributed by atoms with van der Waals surface area (Å²) in [5, 5.41) is 0. The van der Waals surface area contributed by atoms with Crippen molar-refractivity contribution in [3.05, 3.63) is 34.4 Å². The Morgan fingerprint density at radius 2 is 1.95 bits per heavy atom. The molecule has 3 nitrogen and oxygen atoms in total. The zero-order valence-electron chi connectivity index (χ0n) is 12.3. The molecule has 0 amide bonds. The standard InChI is InChI=1S/C16H23NO2/c1-11-7-12(2)15(13(3)8-11)10-17-6-5-14(9-17)16(18)19-4/h7-8,14H,5-6,9-10H2,1-4H3. The van der Waals surface area contributed by atoms with Crippen molar-refractivity contribution in [3.63, 3.8) is 0 Å². The van der Waals surface area contributed by atoms with Crippen molar-refractivity contribution < 1.29 is 9.53 Å². The Morgan fingerprint density at radius 1 is 1.32 bits per heavy atom. The molecule has 1 aromatic carbocycles. The van der Waals surface area contributed by atoms with E-state index in [1.54, 1.807) is 0 Å². The normalized spacial score (nSPS) is 19.7. The largest absolute Gasteiger partial charge is 0.469 e. The van der Waals surface area contributed by atoms with Crippen molar-refractivity contribution in [2.75, 3.05) is 20.2 Å². The molecule has 1 aliphatic heterocycles. The van der Waals surface area contributed by atoms with Gasteiger partial charge in [-0.25, -0.2) is 0 Å². The maximum absolute atomic E-state index is 11.5. The van der Waals surface area contributed by atoms with Crippen molar-refractivity contribution in [2.45, 2.75) is 33.7 Å². The van der Waals surface area contributed by atoms with Crippen LogP contribution in [0.4, 0.5) is 0 Å².